The molecule has 2 saturated heterocycles. The molecule has 0 saturated carbocycles. The van der Waals surface area contributed by atoms with Crippen molar-refractivity contribution in [3.8, 4) is 22.8 Å². The number of morpholine rings is 2. The van der Waals surface area contributed by atoms with Gasteiger partial charge in [-0.2, -0.15) is 0 Å². The van der Waals surface area contributed by atoms with Crippen molar-refractivity contribution in [3.05, 3.63) is 108 Å². The van der Waals surface area contributed by atoms with Gasteiger partial charge in [0.1, 0.15) is 23.3 Å². The lowest BCUT2D eigenvalue weighted by Crippen LogP contribution is -2.33. The third-order valence-corrected chi connectivity index (χ3v) is 7.85. The molecule has 224 valence electrons. The topological polar surface area (TPSA) is 99.9 Å². The third-order valence-electron chi connectivity index (χ3n) is 7.85. The van der Waals surface area contributed by atoms with Gasteiger partial charge in [0.25, 0.3) is 0 Å². The maximum absolute atomic E-state index is 13.0. The zero-order chi connectivity index (χ0) is 29.9. The van der Waals surface area contributed by atoms with Crippen molar-refractivity contribution in [1.82, 2.24) is 30.6 Å². The van der Waals surface area contributed by atoms with Gasteiger partial charge in [-0.25, -0.2) is 18.7 Å². The second kappa shape index (κ2) is 12.6. The molecule has 0 bridgehead atoms. The van der Waals surface area contributed by atoms with Crippen molar-refractivity contribution in [1.29, 1.82) is 0 Å². The van der Waals surface area contributed by atoms with Crippen LogP contribution >= 0.6 is 0 Å². The van der Waals surface area contributed by atoms with E-state index in [1.54, 1.807) is 24.3 Å². The predicted molar refractivity (Wildman–Crippen MR) is 166 cm³/mol. The third kappa shape index (κ3) is 6.24. The molecular formula is C34H32F2N6O2. The average molecular weight is 595 g/mol. The molecule has 4 heterocycles. The standard InChI is InChI=1S/2C17H16FN3O/c2*18-13-4-1-11(2-5-13)17-20-14-6-3-12(9-15(14)21-17)16-10-19-7-8-22-16/h2*1-6,9,16,19H,7-8,10H2,(H,20,21)/t2*16-/m10/s1. The lowest BCUT2D eigenvalue weighted by Gasteiger charge is -2.23. The van der Waals surface area contributed by atoms with Crippen LogP contribution in [0.5, 0.6) is 0 Å². The molecular weight excluding hydrogens is 562 g/mol. The quantitative estimate of drug-likeness (QED) is 0.198. The van der Waals surface area contributed by atoms with Gasteiger partial charge in [-0.05, 0) is 83.9 Å². The Balaban J connectivity index is 0.000000142. The smallest absolute Gasteiger partial charge is 0.138 e. The van der Waals surface area contributed by atoms with Gasteiger partial charge in [-0.1, -0.05) is 12.1 Å². The van der Waals surface area contributed by atoms with Crippen LogP contribution in [0.25, 0.3) is 44.8 Å². The number of hydrogen-bond donors (Lipinski definition) is 4. The van der Waals surface area contributed by atoms with Gasteiger partial charge in [0.15, 0.2) is 0 Å². The summed E-state index contributed by atoms with van der Waals surface area (Å²) in [6.07, 6.45) is 0.159. The van der Waals surface area contributed by atoms with E-state index in [0.29, 0.717) is 0 Å². The minimum atomic E-state index is -0.246. The predicted octanol–water partition coefficient (Wildman–Crippen LogP) is 6.06. The Morgan fingerprint density at radius 1 is 0.568 bits per heavy atom. The normalized spacial score (nSPS) is 18.7. The van der Waals surface area contributed by atoms with Gasteiger partial charge in [-0.3, -0.25) is 0 Å². The van der Waals surface area contributed by atoms with Crippen LogP contribution in [0.1, 0.15) is 23.3 Å². The summed E-state index contributed by atoms with van der Waals surface area (Å²) < 4.78 is 37.6. The Bertz CT molecular complexity index is 1720. The van der Waals surface area contributed by atoms with Gasteiger partial charge in [0.05, 0.1) is 47.5 Å². The highest BCUT2D eigenvalue weighted by molar-refractivity contribution is 5.81. The van der Waals surface area contributed by atoms with Crippen LogP contribution in [0.3, 0.4) is 0 Å². The summed E-state index contributed by atoms with van der Waals surface area (Å²) in [6, 6.07) is 24.9. The van der Waals surface area contributed by atoms with E-state index in [1.807, 2.05) is 12.1 Å². The number of benzene rings is 4. The van der Waals surface area contributed by atoms with Gasteiger partial charge < -0.3 is 30.1 Å². The van der Waals surface area contributed by atoms with Crippen LogP contribution < -0.4 is 10.6 Å². The first-order chi connectivity index (χ1) is 21.6. The molecule has 6 aromatic rings. The van der Waals surface area contributed by atoms with E-state index >= 15 is 0 Å². The summed E-state index contributed by atoms with van der Waals surface area (Å²) in [5, 5.41) is 6.66. The molecule has 0 radical (unpaired) electrons. The Kier molecular flexibility index (Phi) is 8.12. The average Bonchev–Trinajstić information content (AvgIpc) is 3.70. The summed E-state index contributed by atoms with van der Waals surface area (Å²) in [6.45, 7) is 4.91. The number of H-pyrrole nitrogens is 2. The number of fused-ring (bicyclic) bond motifs is 2. The molecule has 4 aromatic carbocycles. The molecule has 0 unspecified atom stereocenters. The Morgan fingerprint density at radius 2 is 1.00 bits per heavy atom. The van der Waals surface area contributed by atoms with Crippen molar-refractivity contribution < 1.29 is 18.3 Å². The van der Waals surface area contributed by atoms with Gasteiger partial charge in [0, 0.05) is 37.3 Å². The first-order valence-electron chi connectivity index (χ1n) is 14.7. The number of aromatic nitrogens is 4. The number of rotatable bonds is 4. The molecule has 44 heavy (non-hydrogen) atoms. The Labute approximate surface area is 252 Å². The summed E-state index contributed by atoms with van der Waals surface area (Å²) >= 11 is 0. The van der Waals surface area contributed by atoms with Crippen molar-refractivity contribution in [2.75, 3.05) is 39.4 Å². The second-order valence-corrected chi connectivity index (χ2v) is 10.9. The van der Waals surface area contributed by atoms with E-state index in [2.05, 4.69) is 54.8 Å². The zero-order valence-electron chi connectivity index (χ0n) is 23.9. The van der Waals surface area contributed by atoms with Crippen molar-refractivity contribution in [3.63, 3.8) is 0 Å². The van der Waals surface area contributed by atoms with E-state index in [-0.39, 0.29) is 23.8 Å². The first kappa shape index (κ1) is 28.3. The van der Waals surface area contributed by atoms with E-state index in [1.165, 1.54) is 24.3 Å². The molecule has 8 rings (SSSR count). The number of nitrogens with zero attached hydrogens (tertiary/aromatic N) is 2. The summed E-state index contributed by atoms with van der Waals surface area (Å²) in [5.74, 6) is 0.998. The molecule has 0 aliphatic carbocycles. The number of halogens is 2. The fraction of sp³-hybridized carbons (Fsp3) is 0.235. The van der Waals surface area contributed by atoms with Crippen molar-refractivity contribution in [2.45, 2.75) is 12.2 Å². The highest BCUT2D eigenvalue weighted by Gasteiger charge is 2.18. The van der Waals surface area contributed by atoms with Crippen LogP contribution in [0, 0.1) is 11.6 Å². The van der Waals surface area contributed by atoms with E-state index < -0.39 is 0 Å². The first-order valence-corrected chi connectivity index (χ1v) is 14.7. The van der Waals surface area contributed by atoms with Crippen molar-refractivity contribution in [2.24, 2.45) is 0 Å². The lowest BCUT2D eigenvalue weighted by atomic mass is 10.1. The molecule has 8 nitrogen and oxygen atoms in total. The van der Waals surface area contributed by atoms with Gasteiger partial charge >= 0.3 is 0 Å². The number of aromatic amines is 2. The number of imidazole rings is 2. The van der Waals surface area contributed by atoms with Crippen LogP contribution in [0.2, 0.25) is 0 Å². The molecule has 10 heteroatoms. The SMILES string of the molecule is Fc1ccc(-c2nc3ccc([C@@H]4CNCCO4)cc3[nH]2)cc1.Fc1ccc(-c2nc3ccc([C@H]4CNCCO4)cc3[nH]2)cc1. The maximum Gasteiger partial charge on any atom is 0.138 e. The maximum atomic E-state index is 13.0. The number of ether oxygens (including phenoxy) is 2. The van der Waals surface area contributed by atoms with Crippen LogP contribution in [0.4, 0.5) is 8.78 Å². The molecule has 2 aliphatic heterocycles. The highest BCUT2D eigenvalue weighted by Crippen LogP contribution is 2.27. The molecule has 2 atom stereocenters. The van der Waals surface area contributed by atoms with E-state index in [0.717, 1.165) is 95.4 Å². The molecule has 0 spiro atoms. The molecule has 4 N–H and O–H groups in total. The van der Waals surface area contributed by atoms with Crippen LogP contribution in [-0.4, -0.2) is 59.3 Å². The fourth-order valence-electron chi connectivity index (χ4n) is 5.50. The molecule has 2 aliphatic rings. The summed E-state index contributed by atoms with van der Waals surface area (Å²) in [7, 11) is 0. The highest BCUT2D eigenvalue weighted by atomic mass is 19.1. The number of nitrogens with one attached hydrogen (secondary N) is 4. The minimum Gasteiger partial charge on any atom is -0.371 e. The minimum absolute atomic E-state index is 0.0794. The molecule has 2 fully saturated rings. The van der Waals surface area contributed by atoms with Crippen molar-refractivity contribution >= 4 is 22.1 Å². The lowest BCUT2D eigenvalue weighted by molar-refractivity contribution is 0.0277. The van der Waals surface area contributed by atoms with Crippen LogP contribution in [-0.2, 0) is 9.47 Å². The largest absolute Gasteiger partial charge is 0.371 e. The zero-order valence-corrected chi connectivity index (χ0v) is 23.9. The van der Waals surface area contributed by atoms with Gasteiger partial charge in [0.2, 0.25) is 0 Å². The Morgan fingerprint density at radius 3 is 1.39 bits per heavy atom. The van der Waals surface area contributed by atoms with E-state index in [4.69, 9.17) is 9.47 Å². The van der Waals surface area contributed by atoms with Gasteiger partial charge in [-0.15, -0.1) is 0 Å². The fourth-order valence-corrected chi connectivity index (χ4v) is 5.50. The monoisotopic (exact) mass is 594 g/mol. The summed E-state index contributed by atoms with van der Waals surface area (Å²) in [5.41, 5.74) is 7.73. The van der Waals surface area contributed by atoms with E-state index in [9.17, 15) is 8.78 Å². The second-order valence-electron chi connectivity index (χ2n) is 10.9. The molecule has 0 amide bonds. The summed E-state index contributed by atoms with van der Waals surface area (Å²) in [4.78, 5) is 15.7. The van der Waals surface area contributed by atoms with Crippen LogP contribution in [0.15, 0.2) is 84.9 Å². The number of hydrogen-bond acceptors (Lipinski definition) is 6. The Hall–Kier alpha value is -4.48. The molecule has 2 aromatic heterocycles.